The lowest BCUT2D eigenvalue weighted by molar-refractivity contribution is 0.262. The van der Waals surface area contributed by atoms with Gasteiger partial charge in [-0.15, -0.1) is 10.2 Å². The number of amides is 2. The number of carbonyl (C=O) groups is 1. The monoisotopic (exact) mass is 331 g/mol. The van der Waals surface area contributed by atoms with Gasteiger partial charge in [0.05, 0.1) is 0 Å². The van der Waals surface area contributed by atoms with Gasteiger partial charge in [-0.25, -0.2) is 4.79 Å². The Kier molecular flexibility index (Phi) is 4.76. The average Bonchev–Trinajstić information content (AvgIpc) is 2.98. The molecule has 0 spiro atoms. The second kappa shape index (κ2) is 6.95. The van der Waals surface area contributed by atoms with Crippen LogP contribution >= 0.6 is 11.3 Å². The van der Waals surface area contributed by atoms with E-state index in [0.717, 1.165) is 22.9 Å². The molecule has 1 aliphatic heterocycles. The molecule has 23 heavy (non-hydrogen) atoms. The van der Waals surface area contributed by atoms with Crippen molar-refractivity contribution in [3.63, 3.8) is 0 Å². The first-order valence-corrected chi connectivity index (χ1v) is 8.68. The molecule has 1 saturated heterocycles. The Balaban J connectivity index is 1.60. The summed E-state index contributed by atoms with van der Waals surface area (Å²) >= 11 is 1.42. The van der Waals surface area contributed by atoms with Crippen molar-refractivity contribution in [3.8, 4) is 0 Å². The van der Waals surface area contributed by atoms with E-state index in [9.17, 15) is 4.79 Å². The van der Waals surface area contributed by atoms with Gasteiger partial charge in [0, 0.05) is 18.3 Å². The van der Waals surface area contributed by atoms with Crippen molar-refractivity contribution in [2.45, 2.75) is 39.2 Å². The number of anilines is 3. The van der Waals surface area contributed by atoms with Crippen molar-refractivity contribution < 1.29 is 4.79 Å². The number of hydrogen-bond donors (Lipinski definition) is 2. The van der Waals surface area contributed by atoms with Crippen LogP contribution in [0.1, 0.15) is 31.7 Å². The lowest BCUT2D eigenvalue weighted by Gasteiger charge is -2.32. The van der Waals surface area contributed by atoms with Crippen LogP contribution < -0.4 is 15.5 Å². The molecule has 2 heterocycles. The maximum absolute atomic E-state index is 12.0. The van der Waals surface area contributed by atoms with E-state index in [1.165, 1.54) is 30.6 Å². The molecule has 7 heteroatoms. The van der Waals surface area contributed by atoms with Gasteiger partial charge in [-0.3, -0.25) is 5.32 Å². The van der Waals surface area contributed by atoms with Crippen molar-refractivity contribution in [1.29, 1.82) is 0 Å². The highest BCUT2D eigenvalue weighted by Gasteiger charge is 2.22. The van der Waals surface area contributed by atoms with Gasteiger partial charge in [-0.2, -0.15) is 0 Å². The van der Waals surface area contributed by atoms with Crippen LogP contribution in [0.15, 0.2) is 24.3 Å². The van der Waals surface area contributed by atoms with Crippen LogP contribution in [0, 0.1) is 6.92 Å². The highest BCUT2D eigenvalue weighted by atomic mass is 32.1. The minimum absolute atomic E-state index is 0.303. The van der Waals surface area contributed by atoms with E-state index in [0.29, 0.717) is 11.2 Å². The first-order valence-electron chi connectivity index (χ1n) is 7.86. The molecule has 0 unspecified atom stereocenters. The summed E-state index contributed by atoms with van der Waals surface area (Å²) in [7, 11) is 0. The normalized spacial score (nSPS) is 17.8. The predicted octanol–water partition coefficient (Wildman–Crippen LogP) is 3.87. The maximum atomic E-state index is 12.0. The number of piperidine rings is 1. The number of hydrogen-bond acceptors (Lipinski definition) is 5. The number of rotatable bonds is 3. The summed E-state index contributed by atoms with van der Waals surface area (Å²) in [6.45, 7) is 5.22. The van der Waals surface area contributed by atoms with Gasteiger partial charge >= 0.3 is 6.03 Å². The Morgan fingerprint density at radius 2 is 2.00 bits per heavy atom. The van der Waals surface area contributed by atoms with Gasteiger partial charge in [-0.05, 0) is 45.2 Å². The molecule has 1 atom stereocenters. The number of benzene rings is 1. The van der Waals surface area contributed by atoms with Gasteiger partial charge in [0.25, 0.3) is 0 Å². The summed E-state index contributed by atoms with van der Waals surface area (Å²) in [5.74, 6) is 0. The van der Waals surface area contributed by atoms with Gasteiger partial charge in [0.2, 0.25) is 10.3 Å². The van der Waals surface area contributed by atoms with Gasteiger partial charge < -0.3 is 10.2 Å². The molecule has 2 aromatic rings. The van der Waals surface area contributed by atoms with E-state index in [1.54, 1.807) is 0 Å². The molecule has 2 N–H and O–H groups in total. The van der Waals surface area contributed by atoms with Crippen LogP contribution in [0.5, 0.6) is 0 Å². The van der Waals surface area contributed by atoms with E-state index in [4.69, 9.17) is 0 Å². The van der Waals surface area contributed by atoms with Crippen molar-refractivity contribution in [2.75, 3.05) is 22.1 Å². The van der Waals surface area contributed by atoms with Crippen LogP contribution in [0.4, 0.5) is 20.7 Å². The lowest BCUT2D eigenvalue weighted by Crippen LogP contribution is -2.37. The van der Waals surface area contributed by atoms with E-state index in [-0.39, 0.29) is 6.03 Å². The zero-order valence-electron chi connectivity index (χ0n) is 13.4. The van der Waals surface area contributed by atoms with Crippen molar-refractivity contribution in [1.82, 2.24) is 10.2 Å². The van der Waals surface area contributed by atoms with Crippen molar-refractivity contribution in [2.24, 2.45) is 0 Å². The number of aryl methyl sites for hydroxylation is 1. The molecule has 2 amide bonds. The summed E-state index contributed by atoms with van der Waals surface area (Å²) in [6, 6.07) is 7.83. The highest BCUT2D eigenvalue weighted by molar-refractivity contribution is 7.19. The van der Waals surface area contributed by atoms with E-state index in [1.807, 2.05) is 31.2 Å². The second-order valence-corrected chi connectivity index (χ2v) is 6.83. The molecule has 0 bridgehead atoms. The number of aromatic nitrogens is 2. The third kappa shape index (κ3) is 3.98. The Morgan fingerprint density at radius 1 is 1.22 bits per heavy atom. The van der Waals surface area contributed by atoms with Gasteiger partial charge in [0.15, 0.2) is 0 Å². The third-order valence-electron chi connectivity index (χ3n) is 3.99. The molecule has 0 saturated carbocycles. The quantitative estimate of drug-likeness (QED) is 0.896. The molecule has 6 nitrogen and oxygen atoms in total. The number of carbonyl (C=O) groups excluding carboxylic acids is 1. The molecule has 1 aromatic heterocycles. The molecule has 0 aliphatic carbocycles. The predicted molar refractivity (Wildman–Crippen MR) is 94.4 cm³/mol. The van der Waals surface area contributed by atoms with Crippen LogP contribution in [0.25, 0.3) is 0 Å². The molecule has 0 radical (unpaired) electrons. The van der Waals surface area contributed by atoms with Crippen LogP contribution in [0.2, 0.25) is 0 Å². The summed E-state index contributed by atoms with van der Waals surface area (Å²) < 4.78 is 0. The summed E-state index contributed by atoms with van der Waals surface area (Å²) in [5.41, 5.74) is 1.91. The zero-order valence-corrected chi connectivity index (χ0v) is 14.2. The molecule has 1 fully saturated rings. The SMILES string of the molecule is Cc1ccc(NC(=O)Nc2nnc(N3CCCC[C@@H]3C)s2)cc1. The summed E-state index contributed by atoms with van der Waals surface area (Å²) in [6.07, 6.45) is 3.62. The Morgan fingerprint density at radius 3 is 2.74 bits per heavy atom. The van der Waals surface area contributed by atoms with Crippen molar-refractivity contribution in [3.05, 3.63) is 29.8 Å². The number of nitrogens with zero attached hydrogens (tertiary/aromatic N) is 3. The standard InChI is InChI=1S/C16H21N5OS/c1-11-6-8-13(9-7-11)17-14(22)18-15-19-20-16(23-15)21-10-4-3-5-12(21)2/h6-9,12H,3-5,10H2,1-2H3,(H2,17,18,19,22)/t12-/m0/s1. The maximum Gasteiger partial charge on any atom is 0.325 e. The first kappa shape index (κ1) is 15.7. The largest absolute Gasteiger partial charge is 0.344 e. The molecule has 122 valence electrons. The molecular formula is C16H21N5OS. The number of nitrogens with one attached hydrogen (secondary N) is 2. The Hall–Kier alpha value is -2.15. The Labute approximate surface area is 139 Å². The van der Waals surface area contributed by atoms with E-state index in [2.05, 4.69) is 32.7 Å². The third-order valence-corrected chi connectivity index (χ3v) is 4.87. The fourth-order valence-electron chi connectivity index (χ4n) is 2.66. The summed E-state index contributed by atoms with van der Waals surface area (Å²) in [4.78, 5) is 14.3. The van der Waals surface area contributed by atoms with E-state index >= 15 is 0 Å². The first-order chi connectivity index (χ1) is 11.1. The van der Waals surface area contributed by atoms with Crippen molar-refractivity contribution >= 4 is 33.3 Å². The Bertz CT molecular complexity index is 669. The van der Waals surface area contributed by atoms with Crippen LogP contribution in [-0.4, -0.2) is 28.8 Å². The topological polar surface area (TPSA) is 70.1 Å². The lowest BCUT2D eigenvalue weighted by atomic mass is 10.1. The summed E-state index contributed by atoms with van der Waals surface area (Å²) in [5, 5.41) is 15.2. The molecule has 3 rings (SSSR count). The van der Waals surface area contributed by atoms with E-state index < -0.39 is 0 Å². The van der Waals surface area contributed by atoms with Gasteiger partial charge in [-0.1, -0.05) is 29.0 Å². The fourth-order valence-corrected chi connectivity index (χ4v) is 3.53. The minimum Gasteiger partial charge on any atom is -0.344 e. The highest BCUT2D eigenvalue weighted by Crippen LogP contribution is 2.29. The molecular weight excluding hydrogens is 310 g/mol. The van der Waals surface area contributed by atoms with Crippen LogP contribution in [-0.2, 0) is 0 Å². The van der Waals surface area contributed by atoms with Gasteiger partial charge in [0.1, 0.15) is 0 Å². The molecule has 1 aromatic carbocycles. The minimum atomic E-state index is -0.303. The smallest absolute Gasteiger partial charge is 0.325 e. The molecule has 1 aliphatic rings. The number of urea groups is 1. The average molecular weight is 331 g/mol. The second-order valence-electron chi connectivity index (χ2n) is 5.87. The fraction of sp³-hybridized carbons (Fsp3) is 0.438. The van der Waals surface area contributed by atoms with Crippen LogP contribution in [0.3, 0.4) is 0 Å². The zero-order chi connectivity index (χ0) is 16.2.